The molecule has 2 aromatic heterocycles. The van der Waals surface area contributed by atoms with E-state index in [1.807, 2.05) is 0 Å². The predicted molar refractivity (Wildman–Crippen MR) is 133 cm³/mol. The Morgan fingerprint density at radius 2 is 1.76 bits per heavy atom. The Hall–Kier alpha value is -3.23. The number of rotatable bonds is 5. The van der Waals surface area contributed by atoms with Gasteiger partial charge in [-0.1, -0.05) is 29.8 Å². The molecule has 174 valence electrons. The largest absolute Gasteiger partial charge is 0.332 e. The molecule has 1 aliphatic rings. The molecule has 0 aliphatic heterocycles. The lowest BCUT2D eigenvalue weighted by molar-refractivity contribution is -0.116. The number of nitrogens with zero attached hydrogens (tertiary/aromatic N) is 2. The monoisotopic (exact) mass is 497 g/mol. The van der Waals surface area contributed by atoms with E-state index < -0.39 is 17.4 Å². The highest BCUT2D eigenvalue weighted by Crippen LogP contribution is 2.34. The molecule has 5 rings (SSSR count). The zero-order chi connectivity index (χ0) is 23.8. The van der Waals surface area contributed by atoms with E-state index in [0.29, 0.717) is 26.5 Å². The van der Waals surface area contributed by atoms with Crippen molar-refractivity contribution in [1.82, 2.24) is 9.13 Å². The quantitative estimate of drug-likeness (QED) is 0.438. The van der Waals surface area contributed by atoms with Crippen molar-refractivity contribution in [2.75, 3.05) is 5.32 Å². The number of fused-ring (bicyclic) bond motifs is 3. The first-order valence-corrected chi connectivity index (χ1v) is 12.2. The van der Waals surface area contributed by atoms with Crippen LogP contribution in [0.15, 0.2) is 58.1 Å². The summed E-state index contributed by atoms with van der Waals surface area (Å²) in [7, 11) is 0. The second-order valence-corrected chi connectivity index (χ2v) is 9.79. The van der Waals surface area contributed by atoms with E-state index in [1.165, 1.54) is 40.2 Å². The highest BCUT2D eigenvalue weighted by molar-refractivity contribution is 7.18. The number of aryl methyl sites for hydroxylation is 2. The van der Waals surface area contributed by atoms with Gasteiger partial charge in [0, 0.05) is 15.6 Å². The van der Waals surface area contributed by atoms with E-state index in [1.54, 1.807) is 24.3 Å². The van der Waals surface area contributed by atoms with Crippen LogP contribution in [-0.2, 0) is 30.7 Å². The number of amides is 1. The average molecular weight is 498 g/mol. The third kappa shape index (κ3) is 4.19. The third-order valence-corrected chi connectivity index (χ3v) is 7.72. The standard InChI is InChI=1S/C25H21ClFN3O3S/c26-19-7-3-1-5-15(19)13-29-23(32)22-18-6-2-4-8-20(18)34-24(22)30(25(29)33)14-21(31)28-17-11-9-16(27)10-12-17/h1,3,5,7,9-12H,2,4,6,8,13-14H2,(H,28,31). The van der Waals surface area contributed by atoms with E-state index in [-0.39, 0.29) is 18.6 Å². The van der Waals surface area contributed by atoms with Crippen LogP contribution in [0.1, 0.15) is 28.8 Å². The van der Waals surface area contributed by atoms with Crippen LogP contribution in [-0.4, -0.2) is 15.0 Å². The molecule has 1 N–H and O–H groups in total. The number of aromatic nitrogens is 2. The molecule has 2 aromatic carbocycles. The maximum atomic E-state index is 13.5. The molecule has 0 bridgehead atoms. The lowest BCUT2D eigenvalue weighted by Crippen LogP contribution is -2.41. The molecule has 0 saturated carbocycles. The third-order valence-electron chi connectivity index (χ3n) is 6.03. The summed E-state index contributed by atoms with van der Waals surface area (Å²) in [6, 6.07) is 12.5. The fourth-order valence-corrected chi connectivity index (χ4v) is 5.94. The number of nitrogens with one attached hydrogen (secondary N) is 1. The first kappa shape index (κ1) is 22.6. The molecule has 34 heavy (non-hydrogen) atoms. The number of hydrogen-bond donors (Lipinski definition) is 1. The summed E-state index contributed by atoms with van der Waals surface area (Å²) >= 11 is 7.72. The number of hydrogen-bond acceptors (Lipinski definition) is 4. The Morgan fingerprint density at radius 3 is 2.53 bits per heavy atom. The summed E-state index contributed by atoms with van der Waals surface area (Å²) in [4.78, 5) is 41.5. The van der Waals surface area contributed by atoms with Crippen molar-refractivity contribution < 1.29 is 9.18 Å². The minimum absolute atomic E-state index is 0.0114. The minimum Gasteiger partial charge on any atom is -0.325 e. The molecule has 9 heteroatoms. The van der Waals surface area contributed by atoms with Crippen LogP contribution >= 0.6 is 22.9 Å². The van der Waals surface area contributed by atoms with Gasteiger partial charge in [-0.2, -0.15) is 0 Å². The van der Waals surface area contributed by atoms with E-state index in [2.05, 4.69) is 5.32 Å². The van der Waals surface area contributed by atoms with Crippen LogP contribution in [0.25, 0.3) is 10.2 Å². The molecule has 2 heterocycles. The molecule has 1 aliphatic carbocycles. The van der Waals surface area contributed by atoms with Gasteiger partial charge in [-0.15, -0.1) is 11.3 Å². The molecular weight excluding hydrogens is 477 g/mol. The summed E-state index contributed by atoms with van der Waals surface area (Å²) in [5.74, 6) is -0.851. The van der Waals surface area contributed by atoms with Gasteiger partial charge in [0.15, 0.2) is 0 Å². The Kier molecular flexibility index (Phi) is 6.10. The van der Waals surface area contributed by atoms with E-state index in [4.69, 9.17) is 11.6 Å². The van der Waals surface area contributed by atoms with Gasteiger partial charge in [0.2, 0.25) is 5.91 Å². The smallest absolute Gasteiger partial charge is 0.325 e. The van der Waals surface area contributed by atoms with Crippen LogP contribution in [0.3, 0.4) is 0 Å². The van der Waals surface area contributed by atoms with Crippen LogP contribution in [0.5, 0.6) is 0 Å². The molecule has 0 spiro atoms. The van der Waals surface area contributed by atoms with Crippen molar-refractivity contribution in [2.24, 2.45) is 0 Å². The Morgan fingerprint density at radius 1 is 1.03 bits per heavy atom. The van der Waals surface area contributed by atoms with Crippen molar-refractivity contribution in [3.63, 3.8) is 0 Å². The Bertz CT molecular complexity index is 1520. The molecule has 0 fully saturated rings. The van der Waals surface area contributed by atoms with Gasteiger partial charge in [-0.25, -0.2) is 9.18 Å². The molecule has 1 amide bonds. The fraction of sp³-hybridized carbons (Fsp3) is 0.240. The van der Waals surface area contributed by atoms with Crippen molar-refractivity contribution in [2.45, 2.75) is 38.8 Å². The fourth-order valence-electron chi connectivity index (χ4n) is 4.37. The topological polar surface area (TPSA) is 73.1 Å². The van der Waals surface area contributed by atoms with Crippen LogP contribution in [0, 0.1) is 5.82 Å². The first-order chi connectivity index (χ1) is 16.4. The van der Waals surface area contributed by atoms with Gasteiger partial charge < -0.3 is 5.32 Å². The number of benzene rings is 2. The molecule has 6 nitrogen and oxygen atoms in total. The van der Waals surface area contributed by atoms with Crippen LogP contribution in [0.4, 0.5) is 10.1 Å². The zero-order valence-electron chi connectivity index (χ0n) is 18.1. The van der Waals surface area contributed by atoms with Crippen molar-refractivity contribution >= 4 is 44.7 Å². The summed E-state index contributed by atoms with van der Waals surface area (Å²) in [5.41, 5.74) is 1.14. The van der Waals surface area contributed by atoms with Gasteiger partial charge in [0.25, 0.3) is 5.56 Å². The normalized spacial score (nSPS) is 13.1. The lowest BCUT2D eigenvalue weighted by atomic mass is 9.97. The first-order valence-electron chi connectivity index (χ1n) is 11.0. The summed E-state index contributed by atoms with van der Waals surface area (Å²) in [6.45, 7) is -0.258. The lowest BCUT2D eigenvalue weighted by Gasteiger charge is -2.14. The minimum atomic E-state index is -0.565. The van der Waals surface area contributed by atoms with Crippen molar-refractivity contribution in [3.05, 3.63) is 96.2 Å². The molecule has 4 aromatic rings. The summed E-state index contributed by atoms with van der Waals surface area (Å²) in [6.07, 6.45) is 3.64. The molecule has 0 unspecified atom stereocenters. The van der Waals surface area contributed by atoms with E-state index in [0.717, 1.165) is 40.7 Å². The van der Waals surface area contributed by atoms with E-state index in [9.17, 15) is 18.8 Å². The Balaban J connectivity index is 1.62. The van der Waals surface area contributed by atoms with Crippen molar-refractivity contribution in [1.29, 1.82) is 0 Å². The number of carbonyl (C=O) groups excluding carboxylic acids is 1. The molecular formula is C25H21ClFN3O3S. The van der Waals surface area contributed by atoms with Crippen molar-refractivity contribution in [3.8, 4) is 0 Å². The zero-order valence-corrected chi connectivity index (χ0v) is 19.7. The Labute approximate surface area is 203 Å². The number of carbonyl (C=O) groups is 1. The van der Waals surface area contributed by atoms with Gasteiger partial charge in [-0.05, 0) is 67.1 Å². The van der Waals surface area contributed by atoms with Gasteiger partial charge in [0.1, 0.15) is 17.2 Å². The summed E-state index contributed by atoms with van der Waals surface area (Å²) < 4.78 is 15.7. The number of anilines is 1. The maximum Gasteiger partial charge on any atom is 0.332 e. The SMILES string of the molecule is O=C(Cn1c(=O)n(Cc2ccccc2Cl)c(=O)c2c3c(sc21)CCCC3)Nc1ccc(F)cc1. The number of thiophene rings is 1. The predicted octanol–water partition coefficient (Wildman–Crippen LogP) is 4.58. The van der Waals surface area contributed by atoms with Gasteiger partial charge in [-0.3, -0.25) is 18.7 Å². The average Bonchev–Trinajstić information content (AvgIpc) is 3.22. The highest BCUT2D eigenvalue weighted by Gasteiger charge is 2.24. The number of halogens is 2. The molecule has 0 saturated heterocycles. The van der Waals surface area contributed by atoms with E-state index >= 15 is 0 Å². The maximum absolute atomic E-state index is 13.5. The van der Waals surface area contributed by atoms with Crippen LogP contribution in [0.2, 0.25) is 5.02 Å². The van der Waals surface area contributed by atoms with Crippen LogP contribution < -0.4 is 16.6 Å². The van der Waals surface area contributed by atoms with Gasteiger partial charge in [0.05, 0.1) is 11.9 Å². The van der Waals surface area contributed by atoms with Gasteiger partial charge >= 0.3 is 5.69 Å². The summed E-state index contributed by atoms with van der Waals surface area (Å²) in [5, 5.41) is 3.67. The molecule has 0 atom stereocenters. The highest BCUT2D eigenvalue weighted by atomic mass is 35.5. The second-order valence-electron chi connectivity index (χ2n) is 8.30. The second kappa shape index (κ2) is 9.19. The molecule has 0 radical (unpaired) electrons.